The largest absolute Gasteiger partial charge is 0.355 e. The van der Waals surface area contributed by atoms with Crippen LogP contribution < -0.4 is 16.2 Å². The lowest BCUT2D eigenvalue weighted by Crippen LogP contribution is -2.44. The number of amides is 2. The summed E-state index contributed by atoms with van der Waals surface area (Å²) in [5.74, 6) is -0.648. The molecule has 6 nitrogen and oxygen atoms in total. The first-order valence-electron chi connectivity index (χ1n) is 5.32. The number of pyridine rings is 1. The molecule has 0 saturated carbocycles. The summed E-state index contributed by atoms with van der Waals surface area (Å²) < 4.78 is 0. The predicted molar refractivity (Wildman–Crippen MR) is 62.7 cm³/mol. The third-order valence-corrected chi connectivity index (χ3v) is 2.14. The van der Waals surface area contributed by atoms with E-state index in [1.165, 1.54) is 18.3 Å². The molecule has 6 heteroatoms. The van der Waals surface area contributed by atoms with E-state index in [1.807, 2.05) is 0 Å². The zero-order valence-electron chi connectivity index (χ0n) is 9.74. The summed E-state index contributed by atoms with van der Waals surface area (Å²) in [7, 11) is 0. The van der Waals surface area contributed by atoms with Crippen molar-refractivity contribution < 1.29 is 9.59 Å². The van der Waals surface area contributed by atoms with Crippen molar-refractivity contribution in [3.63, 3.8) is 0 Å². The van der Waals surface area contributed by atoms with Crippen LogP contribution in [0.5, 0.6) is 0 Å². The summed E-state index contributed by atoms with van der Waals surface area (Å²) in [6, 6.07) is 2.04. The average molecular weight is 237 g/mol. The van der Waals surface area contributed by atoms with E-state index < -0.39 is 11.9 Å². The van der Waals surface area contributed by atoms with Gasteiger partial charge in [-0.2, -0.15) is 0 Å². The molecule has 1 aromatic heterocycles. The molecule has 0 bridgehead atoms. The Morgan fingerprint density at radius 3 is 2.65 bits per heavy atom. The number of carbonyl (C=O) groups excluding carboxylic acids is 2. The van der Waals surface area contributed by atoms with Crippen LogP contribution in [-0.2, 0) is 4.79 Å². The van der Waals surface area contributed by atoms with Crippen molar-refractivity contribution >= 4 is 11.8 Å². The quantitative estimate of drug-likeness (QED) is 0.667. The lowest BCUT2D eigenvalue weighted by Gasteiger charge is -2.12. The fourth-order valence-corrected chi connectivity index (χ4v) is 1.22. The number of nitrogens with one attached hydrogen (secondary N) is 3. The van der Waals surface area contributed by atoms with E-state index >= 15 is 0 Å². The maximum absolute atomic E-state index is 11.7. The smallest absolute Gasteiger partial charge is 0.253 e. The second-order valence-electron chi connectivity index (χ2n) is 3.53. The molecule has 0 fully saturated rings. The minimum Gasteiger partial charge on any atom is -0.355 e. The van der Waals surface area contributed by atoms with Crippen LogP contribution in [-0.4, -0.2) is 29.4 Å². The van der Waals surface area contributed by atoms with Gasteiger partial charge in [0, 0.05) is 18.8 Å². The van der Waals surface area contributed by atoms with Gasteiger partial charge in [-0.3, -0.25) is 14.4 Å². The van der Waals surface area contributed by atoms with Crippen molar-refractivity contribution in [2.45, 2.75) is 19.9 Å². The SMILES string of the molecule is CCNC(=O)C(C)NC(=O)c1ccc(=O)[nH]c1. The molecule has 0 aliphatic carbocycles. The molecule has 0 aromatic carbocycles. The number of rotatable bonds is 4. The van der Waals surface area contributed by atoms with Crippen LogP contribution in [0.1, 0.15) is 24.2 Å². The molecule has 0 aliphatic rings. The maximum Gasteiger partial charge on any atom is 0.253 e. The third-order valence-electron chi connectivity index (χ3n) is 2.14. The lowest BCUT2D eigenvalue weighted by molar-refractivity contribution is -0.122. The monoisotopic (exact) mass is 237 g/mol. The van der Waals surface area contributed by atoms with Gasteiger partial charge in [-0.15, -0.1) is 0 Å². The van der Waals surface area contributed by atoms with Gasteiger partial charge in [-0.1, -0.05) is 0 Å². The molecule has 0 radical (unpaired) electrons. The van der Waals surface area contributed by atoms with E-state index in [-0.39, 0.29) is 11.5 Å². The number of H-pyrrole nitrogens is 1. The van der Waals surface area contributed by atoms with Crippen molar-refractivity contribution in [2.24, 2.45) is 0 Å². The molecule has 1 atom stereocenters. The molecule has 2 amide bonds. The van der Waals surface area contributed by atoms with Crippen molar-refractivity contribution in [3.05, 3.63) is 34.2 Å². The fraction of sp³-hybridized carbons (Fsp3) is 0.364. The molecule has 1 rings (SSSR count). The molecule has 92 valence electrons. The Hall–Kier alpha value is -2.11. The number of aromatic nitrogens is 1. The third kappa shape index (κ3) is 3.75. The van der Waals surface area contributed by atoms with Gasteiger partial charge in [0.1, 0.15) is 6.04 Å². The van der Waals surface area contributed by atoms with Crippen molar-refractivity contribution in [2.75, 3.05) is 6.54 Å². The molecule has 1 aromatic rings. The number of carbonyl (C=O) groups is 2. The fourth-order valence-electron chi connectivity index (χ4n) is 1.22. The van der Waals surface area contributed by atoms with Gasteiger partial charge >= 0.3 is 0 Å². The summed E-state index contributed by atoms with van der Waals surface area (Å²) in [5.41, 5.74) is 0.0269. The van der Waals surface area contributed by atoms with Crippen LogP contribution in [0.25, 0.3) is 0 Å². The first-order valence-corrected chi connectivity index (χ1v) is 5.32. The van der Waals surface area contributed by atoms with Crippen LogP contribution in [0.4, 0.5) is 0 Å². The maximum atomic E-state index is 11.7. The van der Waals surface area contributed by atoms with Crippen LogP contribution in [0, 0.1) is 0 Å². The minimum atomic E-state index is -0.616. The Labute approximate surface area is 98.4 Å². The van der Waals surface area contributed by atoms with E-state index in [9.17, 15) is 14.4 Å². The van der Waals surface area contributed by atoms with Crippen LogP contribution in [0.2, 0.25) is 0 Å². The Morgan fingerprint density at radius 1 is 1.41 bits per heavy atom. The van der Waals surface area contributed by atoms with Crippen LogP contribution >= 0.6 is 0 Å². The second-order valence-corrected chi connectivity index (χ2v) is 3.53. The molecule has 0 saturated heterocycles. The average Bonchev–Trinajstić information content (AvgIpc) is 2.30. The number of likely N-dealkylation sites (N-methyl/N-ethyl adjacent to an activating group) is 1. The van der Waals surface area contributed by atoms with Gasteiger partial charge in [0.15, 0.2) is 0 Å². The van der Waals surface area contributed by atoms with Gasteiger partial charge < -0.3 is 15.6 Å². The highest BCUT2D eigenvalue weighted by Gasteiger charge is 2.15. The number of aromatic amines is 1. The topological polar surface area (TPSA) is 91.1 Å². The highest BCUT2D eigenvalue weighted by molar-refractivity contribution is 5.97. The first-order chi connectivity index (χ1) is 8.04. The van der Waals surface area contributed by atoms with Gasteiger partial charge in [0.2, 0.25) is 11.5 Å². The number of hydrogen-bond donors (Lipinski definition) is 3. The second kappa shape index (κ2) is 5.83. The van der Waals surface area contributed by atoms with Gasteiger partial charge in [0.25, 0.3) is 5.91 Å². The molecule has 17 heavy (non-hydrogen) atoms. The molecule has 1 unspecified atom stereocenters. The molecular formula is C11H15N3O3. The van der Waals surface area contributed by atoms with Gasteiger partial charge in [0.05, 0.1) is 5.56 Å². The van der Waals surface area contributed by atoms with E-state index in [1.54, 1.807) is 13.8 Å². The number of hydrogen-bond acceptors (Lipinski definition) is 3. The van der Waals surface area contributed by atoms with Crippen molar-refractivity contribution in [1.29, 1.82) is 0 Å². The predicted octanol–water partition coefficient (Wildman–Crippen LogP) is -0.371. The normalized spacial score (nSPS) is 11.6. The van der Waals surface area contributed by atoms with Crippen molar-refractivity contribution in [1.82, 2.24) is 15.6 Å². The minimum absolute atomic E-state index is 0.245. The summed E-state index contributed by atoms with van der Waals surface area (Å²) >= 11 is 0. The highest BCUT2D eigenvalue weighted by atomic mass is 16.2. The summed E-state index contributed by atoms with van der Waals surface area (Å²) in [6.07, 6.45) is 1.31. The van der Waals surface area contributed by atoms with E-state index in [4.69, 9.17) is 0 Å². The Bertz CT molecular complexity index is 447. The highest BCUT2D eigenvalue weighted by Crippen LogP contribution is 1.94. The van der Waals surface area contributed by atoms with Gasteiger partial charge in [-0.05, 0) is 19.9 Å². The first kappa shape index (κ1) is 13.0. The molecule has 3 N–H and O–H groups in total. The Balaban J connectivity index is 2.63. The molecule has 0 spiro atoms. The van der Waals surface area contributed by atoms with Crippen LogP contribution in [0.15, 0.2) is 23.1 Å². The zero-order valence-corrected chi connectivity index (χ0v) is 9.74. The van der Waals surface area contributed by atoms with Crippen molar-refractivity contribution in [3.8, 4) is 0 Å². The lowest BCUT2D eigenvalue weighted by atomic mass is 10.2. The molecular weight excluding hydrogens is 222 g/mol. The standard InChI is InChI=1S/C11H15N3O3/c1-3-12-10(16)7(2)14-11(17)8-4-5-9(15)13-6-8/h4-7H,3H2,1-2H3,(H,12,16)(H,13,15)(H,14,17). The zero-order chi connectivity index (χ0) is 12.8. The summed E-state index contributed by atoms with van der Waals surface area (Å²) in [6.45, 7) is 3.90. The molecule has 1 heterocycles. The summed E-state index contributed by atoms with van der Waals surface area (Å²) in [5, 5.41) is 5.13. The van der Waals surface area contributed by atoms with Crippen LogP contribution in [0.3, 0.4) is 0 Å². The summed E-state index contributed by atoms with van der Waals surface area (Å²) in [4.78, 5) is 36.2. The molecule has 0 aliphatic heterocycles. The van der Waals surface area contributed by atoms with E-state index in [2.05, 4.69) is 15.6 Å². The van der Waals surface area contributed by atoms with E-state index in [0.29, 0.717) is 12.1 Å². The van der Waals surface area contributed by atoms with E-state index in [0.717, 1.165) is 0 Å². The Kier molecular flexibility index (Phi) is 4.45. The Morgan fingerprint density at radius 2 is 2.12 bits per heavy atom. The van der Waals surface area contributed by atoms with Gasteiger partial charge in [-0.25, -0.2) is 0 Å².